The van der Waals surface area contributed by atoms with Gasteiger partial charge in [-0.3, -0.25) is 0 Å². The van der Waals surface area contributed by atoms with Gasteiger partial charge in [0.2, 0.25) is 0 Å². The van der Waals surface area contributed by atoms with Gasteiger partial charge in [-0.05, 0) is 24.3 Å². The van der Waals surface area contributed by atoms with E-state index < -0.39 is 0 Å². The molecule has 0 radical (unpaired) electrons. The van der Waals surface area contributed by atoms with Crippen LogP contribution in [0.15, 0.2) is 53.7 Å². The summed E-state index contributed by atoms with van der Waals surface area (Å²) in [4.78, 5) is 0. The Hall–Kier alpha value is -2.69. The second-order valence-corrected chi connectivity index (χ2v) is 3.76. The highest BCUT2D eigenvalue weighted by Gasteiger charge is 2.11. The molecule has 0 heterocycles. The van der Waals surface area contributed by atoms with Crippen LogP contribution in [-0.4, -0.2) is 18.2 Å². The molecule has 0 saturated carbocycles. The summed E-state index contributed by atoms with van der Waals surface area (Å²) in [7, 11) is 1.56. The van der Waals surface area contributed by atoms with Crippen LogP contribution >= 0.6 is 0 Å². The standard InChI is InChI=1S/C14H14N2O3/c1-18-11-7-8-12(14(15)16-17)13(9-11)19-10-5-3-2-4-6-10/h2-9,17H,1H3,(H2,15,16). The van der Waals surface area contributed by atoms with Crippen molar-refractivity contribution in [2.45, 2.75) is 0 Å². The highest BCUT2D eigenvalue weighted by Crippen LogP contribution is 2.29. The zero-order valence-corrected chi connectivity index (χ0v) is 10.4. The lowest BCUT2D eigenvalue weighted by molar-refractivity contribution is 0.318. The highest BCUT2D eigenvalue weighted by atomic mass is 16.5. The maximum atomic E-state index is 8.78. The number of hydrogen-bond donors (Lipinski definition) is 2. The van der Waals surface area contributed by atoms with Gasteiger partial charge in [0.05, 0.1) is 12.7 Å². The fourth-order valence-corrected chi connectivity index (χ4v) is 1.60. The van der Waals surface area contributed by atoms with Crippen LogP contribution in [0.4, 0.5) is 0 Å². The first-order valence-electron chi connectivity index (χ1n) is 5.63. The molecule has 5 nitrogen and oxygen atoms in total. The van der Waals surface area contributed by atoms with Crippen LogP contribution in [0.5, 0.6) is 17.2 Å². The number of ether oxygens (including phenoxy) is 2. The Morgan fingerprint density at radius 1 is 1.11 bits per heavy atom. The van der Waals surface area contributed by atoms with Crippen molar-refractivity contribution in [3.63, 3.8) is 0 Å². The molecule has 19 heavy (non-hydrogen) atoms. The number of rotatable bonds is 4. The van der Waals surface area contributed by atoms with Gasteiger partial charge in [-0.2, -0.15) is 0 Å². The fraction of sp³-hybridized carbons (Fsp3) is 0.0714. The Morgan fingerprint density at radius 2 is 1.84 bits per heavy atom. The number of para-hydroxylation sites is 1. The van der Waals surface area contributed by atoms with Crippen molar-refractivity contribution >= 4 is 5.84 Å². The maximum Gasteiger partial charge on any atom is 0.173 e. The predicted octanol–water partition coefficient (Wildman–Crippen LogP) is 2.58. The van der Waals surface area contributed by atoms with Crippen molar-refractivity contribution in [1.29, 1.82) is 0 Å². The third-order valence-corrected chi connectivity index (χ3v) is 2.54. The van der Waals surface area contributed by atoms with Crippen LogP contribution in [0.25, 0.3) is 0 Å². The van der Waals surface area contributed by atoms with Gasteiger partial charge < -0.3 is 20.4 Å². The molecule has 0 spiro atoms. The summed E-state index contributed by atoms with van der Waals surface area (Å²) in [6, 6.07) is 14.3. The molecule has 98 valence electrons. The van der Waals surface area contributed by atoms with Crippen LogP contribution < -0.4 is 15.2 Å². The predicted molar refractivity (Wildman–Crippen MR) is 72.0 cm³/mol. The van der Waals surface area contributed by atoms with Crippen LogP contribution in [0.1, 0.15) is 5.56 Å². The van der Waals surface area contributed by atoms with E-state index in [1.165, 1.54) is 0 Å². The molecule has 5 heteroatoms. The van der Waals surface area contributed by atoms with Gasteiger partial charge in [0.1, 0.15) is 17.2 Å². The Bertz CT molecular complexity index is 582. The number of amidine groups is 1. The zero-order chi connectivity index (χ0) is 13.7. The van der Waals surface area contributed by atoms with Crippen LogP contribution in [-0.2, 0) is 0 Å². The van der Waals surface area contributed by atoms with Gasteiger partial charge in [0.25, 0.3) is 0 Å². The van der Waals surface area contributed by atoms with Gasteiger partial charge in [-0.1, -0.05) is 23.4 Å². The monoisotopic (exact) mass is 258 g/mol. The fourth-order valence-electron chi connectivity index (χ4n) is 1.60. The molecular weight excluding hydrogens is 244 g/mol. The second kappa shape index (κ2) is 5.77. The minimum Gasteiger partial charge on any atom is -0.497 e. The lowest BCUT2D eigenvalue weighted by atomic mass is 10.1. The number of benzene rings is 2. The molecule has 0 aromatic heterocycles. The molecule has 0 saturated heterocycles. The number of methoxy groups -OCH3 is 1. The van der Waals surface area contributed by atoms with Gasteiger partial charge >= 0.3 is 0 Å². The van der Waals surface area contributed by atoms with E-state index in [-0.39, 0.29) is 5.84 Å². The smallest absolute Gasteiger partial charge is 0.173 e. The number of hydrogen-bond acceptors (Lipinski definition) is 4. The van der Waals surface area contributed by atoms with E-state index in [0.29, 0.717) is 22.8 Å². The number of nitrogens with two attached hydrogens (primary N) is 1. The van der Waals surface area contributed by atoms with E-state index in [0.717, 1.165) is 0 Å². The van der Waals surface area contributed by atoms with Crippen molar-refractivity contribution < 1.29 is 14.7 Å². The number of oxime groups is 1. The molecule has 0 atom stereocenters. The molecule has 0 aliphatic heterocycles. The Balaban J connectivity index is 2.41. The third-order valence-electron chi connectivity index (χ3n) is 2.54. The molecule has 2 aromatic rings. The average Bonchev–Trinajstić information content (AvgIpc) is 2.47. The molecule has 0 aliphatic carbocycles. The Morgan fingerprint density at radius 3 is 2.47 bits per heavy atom. The van der Waals surface area contributed by atoms with Gasteiger partial charge in [-0.15, -0.1) is 0 Å². The van der Waals surface area contributed by atoms with Crippen LogP contribution in [0.3, 0.4) is 0 Å². The molecule has 2 aromatic carbocycles. The molecule has 0 amide bonds. The summed E-state index contributed by atoms with van der Waals surface area (Å²) in [5.74, 6) is 1.72. The average molecular weight is 258 g/mol. The molecule has 0 unspecified atom stereocenters. The molecule has 0 bridgehead atoms. The zero-order valence-electron chi connectivity index (χ0n) is 10.4. The third kappa shape index (κ3) is 2.95. The van der Waals surface area contributed by atoms with Gasteiger partial charge in [0, 0.05) is 6.07 Å². The first-order chi connectivity index (χ1) is 9.24. The van der Waals surface area contributed by atoms with Crippen molar-refractivity contribution in [3.05, 3.63) is 54.1 Å². The Kier molecular flexibility index (Phi) is 3.87. The first-order valence-corrected chi connectivity index (χ1v) is 5.63. The first kappa shape index (κ1) is 12.8. The molecule has 0 aliphatic rings. The van der Waals surface area contributed by atoms with E-state index >= 15 is 0 Å². The molecule has 2 rings (SSSR count). The summed E-state index contributed by atoms with van der Waals surface area (Å²) >= 11 is 0. The van der Waals surface area contributed by atoms with E-state index in [9.17, 15) is 0 Å². The van der Waals surface area contributed by atoms with E-state index in [1.54, 1.807) is 25.3 Å². The molecular formula is C14H14N2O3. The lowest BCUT2D eigenvalue weighted by Gasteiger charge is -2.11. The number of nitrogens with zero attached hydrogens (tertiary/aromatic N) is 1. The largest absolute Gasteiger partial charge is 0.497 e. The highest BCUT2D eigenvalue weighted by molar-refractivity contribution is 5.99. The minimum atomic E-state index is -0.0198. The SMILES string of the molecule is COc1ccc(/C(N)=N/O)c(Oc2ccccc2)c1. The maximum absolute atomic E-state index is 8.78. The normalized spacial score (nSPS) is 11.1. The summed E-state index contributed by atoms with van der Waals surface area (Å²) in [5.41, 5.74) is 6.11. The molecule has 3 N–H and O–H groups in total. The topological polar surface area (TPSA) is 77.1 Å². The van der Waals surface area contributed by atoms with E-state index in [4.69, 9.17) is 20.4 Å². The van der Waals surface area contributed by atoms with Gasteiger partial charge in [0.15, 0.2) is 5.84 Å². The molecule has 0 fully saturated rings. The Labute approximate surface area is 110 Å². The summed E-state index contributed by atoms with van der Waals surface area (Å²) in [5, 5.41) is 11.8. The van der Waals surface area contributed by atoms with Crippen molar-refractivity contribution in [3.8, 4) is 17.2 Å². The second-order valence-electron chi connectivity index (χ2n) is 3.76. The van der Waals surface area contributed by atoms with Crippen LogP contribution in [0.2, 0.25) is 0 Å². The minimum absolute atomic E-state index is 0.0198. The summed E-state index contributed by atoms with van der Waals surface area (Å²) in [6.07, 6.45) is 0. The van der Waals surface area contributed by atoms with Crippen LogP contribution in [0, 0.1) is 0 Å². The van der Waals surface area contributed by atoms with E-state index in [2.05, 4.69) is 5.16 Å². The van der Waals surface area contributed by atoms with Crippen molar-refractivity contribution in [2.24, 2.45) is 10.9 Å². The summed E-state index contributed by atoms with van der Waals surface area (Å²) < 4.78 is 10.9. The van der Waals surface area contributed by atoms with Crippen molar-refractivity contribution in [1.82, 2.24) is 0 Å². The van der Waals surface area contributed by atoms with Gasteiger partial charge in [-0.25, -0.2) is 0 Å². The van der Waals surface area contributed by atoms with E-state index in [1.807, 2.05) is 30.3 Å². The summed E-state index contributed by atoms with van der Waals surface area (Å²) in [6.45, 7) is 0. The lowest BCUT2D eigenvalue weighted by Crippen LogP contribution is -2.14. The quantitative estimate of drug-likeness (QED) is 0.382. The van der Waals surface area contributed by atoms with Crippen molar-refractivity contribution in [2.75, 3.05) is 7.11 Å².